The molecule has 10 nitrogen and oxygen atoms in total. The van der Waals surface area contributed by atoms with E-state index in [0.717, 1.165) is 22.8 Å². The lowest BCUT2D eigenvalue weighted by Crippen LogP contribution is -2.53. The van der Waals surface area contributed by atoms with Gasteiger partial charge in [0.05, 0.1) is 19.7 Å². The molecule has 0 radical (unpaired) electrons. The second kappa shape index (κ2) is 17.6. The molecular formula is C30H45N5O5S. The molecule has 0 aliphatic heterocycles. The molecule has 4 atom stereocenters. The lowest BCUT2D eigenvalue weighted by Gasteiger charge is -2.32. The first kappa shape index (κ1) is 34.1. The molecule has 0 aliphatic rings. The molecule has 0 spiro atoms. The van der Waals surface area contributed by atoms with Gasteiger partial charge in [0.15, 0.2) is 0 Å². The van der Waals surface area contributed by atoms with Crippen LogP contribution in [0.2, 0.25) is 0 Å². The monoisotopic (exact) mass is 587 g/mol. The second-order valence-electron chi connectivity index (χ2n) is 10.3. The van der Waals surface area contributed by atoms with E-state index in [1.807, 2.05) is 67.5 Å². The standard InChI is InChI=1S/C30H45N5O5S/c1-5-20(2)26(34-29(38)24(31)13-14-27(32)36)18-35(17-22-11-8-10-21-9-6-7-12-23(21)22)19-28(37)33-25(15-16-41-4)30(39)40-3/h6-12,20,24-26H,5,13-19,31H2,1-4H3,(H2,32,36)(H,33,37)(H,34,38)/t20?,24-,25-,26+/m0/s1. The van der Waals surface area contributed by atoms with Gasteiger partial charge in [-0.15, -0.1) is 0 Å². The molecule has 0 aliphatic carbocycles. The Balaban J connectivity index is 2.31. The summed E-state index contributed by atoms with van der Waals surface area (Å²) in [7, 11) is 1.31. The van der Waals surface area contributed by atoms with Crippen LogP contribution in [0.3, 0.4) is 0 Å². The lowest BCUT2D eigenvalue weighted by atomic mass is 9.97. The van der Waals surface area contributed by atoms with Crippen LogP contribution in [-0.4, -0.2) is 78.9 Å². The summed E-state index contributed by atoms with van der Waals surface area (Å²) < 4.78 is 4.91. The topological polar surface area (TPSA) is 157 Å². The van der Waals surface area contributed by atoms with Gasteiger partial charge in [0.2, 0.25) is 17.7 Å². The number of carbonyl (C=O) groups excluding carboxylic acids is 4. The number of ether oxygens (including phenoxy) is 1. The molecule has 0 bridgehead atoms. The summed E-state index contributed by atoms with van der Waals surface area (Å²) in [5, 5.41) is 8.05. The van der Waals surface area contributed by atoms with Gasteiger partial charge in [-0.1, -0.05) is 62.7 Å². The highest BCUT2D eigenvalue weighted by molar-refractivity contribution is 7.98. The van der Waals surface area contributed by atoms with Gasteiger partial charge in [-0.25, -0.2) is 4.79 Å². The number of methoxy groups -OCH3 is 1. The molecule has 41 heavy (non-hydrogen) atoms. The minimum Gasteiger partial charge on any atom is -0.467 e. The number of carbonyl (C=O) groups is 4. The molecule has 11 heteroatoms. The van der Waals surface area contributed by atoms with Gasteiger partial charge in [0.25, 0.3) is 0 Å². The first-order valence-corrected chi connectivity index (χ1v) is 15.4. The summed E-state index contributed by atoms with van der Waals surface area (Å²) in [6, 6.07) is 12.2. The molecule has 6 N–H and O–H groups in total. The first-order valence-electron chi connectivity index (χ1n) is 14.0. The summed E-state index contributed by atoms with van der Waals surface area (Å²) in [5.41, 5.74) is 12.3. The number of nitrogens with two attached hydrogens (primary N) is 2. The number of nitrogens with one attached hydrogen (secondary N) is 2. The molecule has 0 saturated carbocycles. The third kappa shape index (κ3) is 11.3. The zero-order valence-electron chi connectivity index (χ0n) is 24.6. The number of hydrogen-bond acceptors (Lipinski definition) is 8. The summed E-state index contributed by atoms with van der Waals surface area (Å²) in [5.74, 6) is -0.907. The highest BCUT2D eigenvalue weighted by Gasteiger charge is 2.27. The predicted molar refractivity (Wildman–Crippen MR) is 164 cm³/mol. The van der Waals surface area contributed by atoms with E-state index in [1.54, 1.807) is 11.8 Å². The van der Waals surface area contributed by atoms with Gasteiger partial charge in [-0.05, 0) is 47.1 Å². The Morgan fingerprint density at radius 3 is 2.41 bits per heavy atom. The van der Waals surface area contributed by atoms with Gasteiger partial charge < -0.3 is 26.8 Å². The van der Waals surface area contributed by atoms with Crippen molar-refractivity contribution in [2.45, 2.75) is 64.2 Å². The third-order valence-electron chi connectivity index (χ3n) is 7.22. The number of nitrogens with zero attached hydrogens (tertiary/aromatic N) is 1. The quantitative estimate of drug-likeness (QED) is 0.193. The van der Waals surface area contributed by atoms with Gasteiger partial charge >= 0.3 is 5.97 Å². The number of fused-ring (bicyclic) bond motifs is 1. The van der Waals surface area contributed by atoms with Crippen molar-refractivity contribution in [2.24, 2.45) is 17.4 Å². The summed E-state index contributed by atoms with van der Waals surface area (Å²) >= 11 is 1.58. The zero-order valence-corrected chi connectivity index (χ0v) is 25.4. The number of esters is 1. The van der Waals surface area contributed by atoms with E-state index in [0.29, 0.717) is 25.3 Å². The van der Waals surface area contributed by atoms with E-state index in [-0.39, 0.29) is 43.2 Å². The van der Waals surface area contributed by atoms with Crippen LogP contribution in [0.25, 0.3) is 10.8 Å². The van der Waals surface area contributed by atoms with Crippen molar-refractivity contribution < 1.29 is 23.9 Å². The van der Waals surface area contributed by atoms with Crippen LogP contribution in [0.5, 0.6) is 0 Å². The molecule has 2 aromatic carbocycles. The van der Waals surface area contributed by atoms with E-state index in [4.69, 9.17) is 16.2 Å². The van der Waals surface area contributed by atoms with Crippen molar-refractivity contribution in [3.05, 3.63) is 48.0 Å². The van der Waals surface area contributed by atoms with Crippen LogP contribution in [-0.2, 0) is 30.5 Å². The molecule has 0 heterocycles. The van der Waals surface area contributed by atoms with Gasteiger partial charge in [0, 0.05) is 25.6 Å². The van der Waals surface area contributed by atoms with Crippen LogP contribution in [0.15, 0.2) is 42.5 Å². The van der Waals surface area contributed by atoms with Crippen LogP contribution >= 0.6 is 11.8 Å². The van der Waals surface area contributed by atoms with E-state index in [2.05, 4.69) is 10.6 Å². The molecular weight excluding hydrogens is 542 g/mol. The van der Waals surface area contributed by atoms with Gasteiger partial charge in [-0.2, -0.15) is 11.8 Å². The summed E-state index contributed by atoms with van der Waals surface area (Å²) in [6.07, 6.45) is 3.35. The zero-order chi connectivity index (χ0) is 30.4. The van der Waals surface area contributed by atoms with Crippen molar-refractivity contribution in [3.8, 4) is 0 Å². The fourth-order valence-corrected chi connectivity index (χ4v) is 5.05. The Morgan fingerprint density at radius 2 is 1.76 bits per heavy atom. The maximum Gasteiger partial charge on any atom is 0.328 e. The van der Waals surface area contributed by atoms with Crippen molar-refractivity contribution in [2.75, 3.05) is 32.2 Å². The maximum absolute atomic E-state index is 13.3. The smallest absolute Gasteiger partial charge is 0.328 e. The number of amides is 3. The molecule has 0 fully saturated rings. The predicted octanol–water partition coefficient (Wildman–Crippen LogP) is 2.18. The van der Waals surface area contributed by atoms with Crippen LogP contribution in [0.4, 0.5) is 0 Å². The number of thioether (sulfide) groups is 1. The average Bonchev–Trinajstić information content (AvgIpc) is 2.96. The van der Waals surface area contributed by atoms with E-state index >= 15 is 0 Å². The molecule has 2 aromatic rings. The normalized spacial score (nSPS) is 14.2. The molecule has 226 valence electrons. The fourth-order valence-electron chi connectivity index (χ4n) is 4.58. The number of rotatable bonds is 18. The van der Waals surface area contributed by atoms with Crippen molar-refractivity contribution >= 4 is 46.2 Å². The minimum absolute atomic E-state index is 0.00647. The fraction of sp³-hybridized carbons (Fsp3) is 0.533. The van der Waals surface area contributed by atoms with E-state index in [9.17, 15) is 19.2 Å². The molecule has 0 aromatic heterocycles. The highest BCUT2D eigenvalue weighted by atomic mass is 32.2. The average molecular weight is 588 g/mol. The van der Waals surface area contributed by atoms with Crippen molar-refractivity contribution in [1.82, 2.24) is 15.5 Å². The number of primary amides is 1. The Labute approximate surface area is 247 Å². The Kier molecular flexibility index (Phi) is 14.6. The van der Waals surface area contributed by atoms with Gasteiger partial charge in [0.1, 0.15) is 6.04 Å². The van der Waals surface area contributed by atoms with Crippen LogP contribution in [0.1, 0.15) is 45.1 Å². The second-order valence-corrected chi connectivity index (χ2v) is 11.3. The van der Waals surface area contributed by atoms with Crippen LogP contribution in [0, 0.1) is 5.92 Å². The van der Waals surface area contributed by atoms with E-state index in [1.165, 1.54) is 7.11 Å². The summed E-state index contributed by atoms with van der Waals surface area (Å²) in [4.78, 5) is 51.7. The summed E-state index contributed by atoms with van der Waals surface area (Å²) in [6.45, 7) is 4.89. The Hall–Kier alpha value is -3.15. The van der Waals surface area contributed by atoms with Crippen molar-refractivity contribution in [3.63, 3.8) is 0 Å². The first-order chi connectivity index (χ1) is 19.6. The van der Waals surface area contributed by atoms with Crippen molar-refractivity contribution in [1.29, 1.82) is 0 Å². The minimum atomic E-state index is -0.874. The molecule has 3 amide bonds. The highest BCUT2D eigenvalue weighted by Crippen LogP contribution is 2.21. The Morgan fingerprint density at radius 1 is 1.05 bits per heavy atom. The maximum atomic E-state index is 13.3. The van der Waals surface area contributed by atoms with Crippen LogP contribution < -0.4 is 22.1 Å². The number of benzene rings is 2. The molecule has 1 unspecified atom stereocenters. The third-order valence-corrected chi connectivity index (χ3v) is 7.87. The molecule has 2 rings (SSSR count). The van der Waals surface area contributed by atoms with Gasteiger partial charge in [-0.3, -0.25) is 19.3 Å². The Bertz CT molecular complexity index is 1160. The SMILES string of the molecule is CCC(C)[C@@H](CN(CC(=O)N[C@@H](CCSC)C(=O)OC)Cc1cccc2ccccc12)NC(=O)[C@@H](N)CCC(N)=O. The number of hydrogen-bond donors (Lipinski definition) is 4. The largest absolute Gasteiger partial charge is 0.467 e. The van der Waals surface area contributed by atoms with E-state index < -0.39 is 24.0 Å². The molecule has 0 saturated heterocycles. The lowest BCUT2D eigenvalue weighted by molar-refractivity contribution is -0.145.